The second kappa shape index (κ2) is 8.90. The minimum atomic E-state index is -3.60. The maximum Gasteiger partial charge on any atom is 0.243 e. The smallest absolute Gasteiger partial charge is 0.243 e. The Balaban J connectivity index is 1.93. The van der Waals surface area contributed by atoms with Crippen LogP contribution in [0.3, 0.4) is 0 Å². The fourth-order valence-electron chi connectivity index (χ4n) is 3.44. The molecular weight excluding hydrogens is 398 g/mol. The lowest BCUT2D eigenvalue weighted by Crippen LogP contribution is -2.29. The monoisotopic (exact) mass is 425 g/mol. The van der Waals surface area contributed by atoms with Gasteiger partial charge in [-0.25, -0.2) is 8.42 Å². The van der Waals surface area contributed by atoms with Crippen LogP contribution in [0.15, 0.2) is 76.7 Å². The van der Waals surface area contributed by atoms with Crippen LogP contribution in [0.1, 0.15) is 18.1 Å². The van der Waals surface area contributed by atoms with Crippen molar-refractivity contribution >= 4 is 16.1 Å². The van der Waals surface area contributed by atoms with Crippen molar-refractivity contribution < 1.29 is 17.9 Å². The molecule has 0 fully saturated rings. The number of aryl methyl sites for hydroxylation is 1. The van der Waals surface area contributed by atoms with E-state index >= 15 is 0 Å². The second-order valence-electron chi connectivity index (χ2n) is 7.28. The van der Waals surface area contributed by atoms with Crippen molar-refractivity contribution in [1.82, 2.24) is 4.31 Å². The largest absolute Gasteiger partial charge is 0.496 e. The van der Waals surface area contributed by atoms with Crippen LogP contribution in [0.25, 0.3) is 6.08 Å². The van der Waals surface area contributed by atoms with Gasteiger partial charge in [0.25, 0.3) is 0 Å². The van der Waals surface area contributed by atoms with Gasteiger partial charge >= 0.3 is 0 Å². The Kier molecular flexibility index (Phi) is 6.48. The fourth-order valence-corrected chi connectivity index (χ4v) is 4.83. The number of sulfonamides is 1. The van der Waals surface area contributed by atoms with E-state index in [2.05, 4.69) is 6.58 Å². The molecule has 0 radical (unpaired) electrons. The van der Waals surface area contributed by atoms with Gasteiger partial charge in [0.1, 0.15) is 11.5 Å². The lowest BCUT2D eigenvalue weighted by Gasteiger charge is -2.17. The first kappa shape index (κ1) is 21.9. The maximum absolute atomic E-state index is 13.1. The van der Waals surface area contributed by atoms with Crippen molar-refractivity contribution in [3.63, 3.8) is 0 Å². The quantitative estimate of drug-likeness (QED) is 0.650. The number of hydrogen-bond donors (Lipinski definition) is 0. The number of methoxy groups -OCH3 is 2. The highest BCUT2D eigenvalue weighted by molar-refractivity contribution is 7.89. The van der Waals surface area contributed by atoms with Gasteiger partial charge in [-0.15, -0.1) is 0 Å². The van der Waals surface area contributed by atoms with E-state index in [0.29, 0.717) is 22.9 Å². The van der Waals surface area contributed by atoms with Crippen molar-refractivity contribution in [2.75, 3.05) is 27.3 Å². The Morgan fingerprint density at radius 2 is 1.60 bits per heavy atom. The predicted octanol–water partition coefficient (Wildman–Crippen LogP) is 4.60. The van der Waals surface area contributed by atoms with Crippen LogP contribution in [-0.2, 0) is 10.0 Å². The van der Waals surface area contributed by atoms with E-state index in [-0.39, 0.29) is 6.54 Å². The van der Waals surface area contributed by atoms with Crippen molar-refractivity contribution in [1.29, 1.82) is 0 Å². The summed E-state index contributed by atoms with van der Waals surface area (Å²) in [6.07, 6.45) is 3.83. The van der Waals surface area contributed by atoms with Gasteiger partial charge in [0, 0.05) is 13.1 Å². The molecule has 0 N–H and O–H groups in total. The van der Waals surface area contributed by atoms with Gasteiger partial charge in [-0.3, -0.25) is 0 Å². The first-order valence-electron chi connectivity index (χ1n) is 9.61. The summed E-state index contributed by atoms with van der Waals surface area (Å²) in [5.41, 5.74) is 4.51. The molecule has 0 unspecified atom stereocenters. The molecular formula is C24H27NO4S. The summed E-state index contributed by atoms with van der Waals surface area (Å²) >= 11 is 0. The van der Waals surface area contributed by atoms with Gasteiger partial charge < -0.3 is 9.47 Å². The highest BCUT2D eigenvalue weighted by atomic mass is 32.2. The summed E-state index contributed by atoms with van der Waals surface area (Å²) in [6, 6.07) is 12.5. The number of ether oxygens (including phenoxy) is 2. The minimum absolute atomic E-state index is 0.284. The van der Waals surface area contributed by atoms with E-state index in [4.69, 9.17) is 9.47 Å². The van der Waals surface area contributed by atoms with E-state index in [9.17, 15) is 8.42 Å². The Morgan fingerprint density at radius 3 is 2.13 bits per heavy atom. The predicted molar refractivity (Wildman–Crippen MR) is 120 cm³/mol. The van der Waals surface area contributed by atoms with E-state index in [0.717, 1.165) is 27.8 Å². The fraction of sp³-hybridized carbons (Fsp3) is 0.250. The van der Waals surface area contributed by atoms with Crippen LogP contribution in [0.5, 0.6) is 11.5 Å². The highest BCUT2D eigenvalue weighted by Crippen LogP contribution is 2.33. The Labute approximate surface area is 179 Å². The molecule has 0 saturated carbocycles. The summed E-state index contributed by atoms with van der Waals surface area (Å²) in [4.78, 5) is 0.297. The van der Waals surface area contributed by atoms with Gasteiger partial charge in [-0.2, -0.15) is 4.31 Å². The molecule has 3 rings (SSSR count). The van der Waals surface area contributed by atoms with E-state index in [1.54, 1.807) is 26.4 Å². The molecule has 0 amide bonds. The third-order valence-corrected chi connectivity index (χ3v) is 6.97. The molecule has 1 heterocycles. The molecule has 2 aromatic rings. The molecule has 6 heteroatoms. The van der Waals surface area contributed by atoms with Gasteiger partial charge in [0.15, 0.2) is 0 Å². The second-order valence-corrected chi connectivity index (χ2v) is 9.22. The first-order valence-corrected chi connectivity index (χ1v) is 11.1. The normalized spacial score (nSPS) is 15.1. The summed E-state index contributed by atoms with van der Waals surface area (Å²) in [5, 5.41) is 0. The zero-order valence-electron chi connectivity index (χ0n) is 17.8. The molecule has 1 aliphatic heterocycles. The summed E-state index contributed by atoms with van der Waals surface area (Å²) in [6.45, 7) is 8.46. The Hall–Kier alpha value is -2.83. The molecule has 0 spiro atoms. The SMILES string of the molecule is C=C(C)C1=C(/C=C/c2c(OC)cccc2OC)CN(S(=O)(=O)c2ccc(C)cc2)C1. The van der Waals surface area contributed by atoms with Gasteiger partial charge in [0.05, 0.1) is 24.7 Å². The number of rotatable bonds is 7. The van der Waals surface area contributed by atoms with Crippen molar-refractivity contribution in [3.05, 3.63) is 83.0 Å². The van der Waals surface area contributed by atoms with Crippen LogP contribution in [-0.4, -0.2) is 40.0 Å². The summed E-state index contributed by atoms with van der Waals surface area (Å²) < 4.78 is 38.7. The minimum Gasteiger partial charge on any atom is -0.496 e. The standard InChI is InChI=1S/C24H27NO4S/c1-17(2)22-16-25(30(26,27)20-12-9-18(3)10-13-20)15-19(22)11-14-21-23(28-4)7-6-8-24(21)29-5/h6-14H,1,15-16H2,2-5H3/b14-11+. The Bertz CT molecular complexity index is 1090. The summed E-state index contributed by atoms with van der Waals surface area (Å²) in [7, 11) is -0.382. The molecule has 0 aliphatic carbocycles. The van der Waals surface area contributed by atoms with Gasteiger partial charge in [-0.05, 0) is 55.3 Å². The third kappa shape index (κ3) is 4.35. The number of nitrogens with zero attached hydrogens (tertiary/aromatic N) is 1. The van der Waals surface area contributed by atoms with E-state index in [1.807, 2.05) is 56.3 Å². The zero-order chi connectivity index (χ0) is 21.9. The number of hydrogen-bond acceptors (Lipinski definition) is 4. The lowest BCUT2D eigenvalue weighted by molar-refractivity contribution is 0.392. The molecule has 0 saturated heterocycles. The molecule has 0 aromatic heterocycles. The third-order valence-electron chi connectivity index (χ3n) is 5.16. The molecule has 2 aromatic carbocycles. The van der Waals surface area contributed by atoms with E-state index < -0.39 is 10.0 Å². The van der Waals surface area contributed by atoms with Crippen LogP contribution >= 0.6 is 0 Å². The lowest BCUT2D eigenvalue weighted by atomic mass is 10.0. The van der Waals surface area contributed by atoms with Gasteiger partial charge in [0.2, 0.25) is 10.0 Å². The average molecular weight is 426 g/mol. The molecule has 5 nitrogen and oxygen atoms in total. The van der Waals surface area contributed by atoms with Crippen molar-refractivity contribution in [2.24, 2.45) is 0 Å². The van der Waals surface area contributed by atoms with Gasteiger partial charge in [-0.1, -0.05) is 42.0 Å². The van der Waals surface area contributed by atoms with Crippen LogP contribution < -0.4 is 9.47 Å². The van der Waals surface area contributed by atoms with Crippen molar-refractivity contribution in [3.8, 4) is 11.5 Å². The summed E-state index contributed by atoms with van der Waals surface area (Å²) in [5.74, 6) is 1.37. The molecule has 30 heavy (non-hydrogen) atoms. The maximum atomic E-state index is 13.1. The molecule has 158 valence electrons. The van der Waals surface area contributed by atoms with Crippen LogP contribution in [0.2, 0.25) is 0 Å². The molecule has 0 bridgehead atoms. The highest BCUT2D eigenvalue weighted by Gasteiger charge is 2.31. The Morgan fingerprint density at radius 1 is 1.00 bits per heavy atom. The number of benzene rings is 2. The molecule has 0 atom stereocenters. The van der Waals surface area contributed by atoms with E-state index in [1.165, 1.54) is 4.31 Å². The topological polar surface area (TPSA) is 55.8 Å². The average Bonchev–Trinajstić information content (AvgIpc) is 3.17. The first-order chi connectivity index (χ1) is 14.3. The van der Waals surface area contributed by atoms with Crippen molar-refractivity contribution in [2.45, 2.75) is 18.7 Å². The van der Waals surface area contributed by atoms with Crippen LogP contribution in [0, 0.1) is 6.92 Å². The zero-order valence-corrected chi connectivity index (χ0v) is 18.6. The molecule has 1 aliphatic rings. The van der Waals surface area contributed by atoms with Crippen LogP contribution in [0.4, 0.5) is 0 Å².